The summed E-state index contributed by atoms with van der Waals surface area (Å²) in [7, 11) is 0. The first kappa shape index (κ1) is 14.7. The predicted molar refractivity (Wildman–Crippen MR) is 82.2 cm³/mol. The Balaban J connectivity index is 2.10. The van der Waals surface area contributed by atoms with Crippen molar-refractivity contribution in [2.45, 2.75) is 46.1 Å². The highest BCUT2D eigenvalue weighted by atomic mass is 15.3. The highest BCUT2D eigenvalue weighted by Gasteiger charge is 2.08. The first-order valence-electron chi connectivity index (χ1n) is 7.37. The maximum Gasteiger partial charge on any atom is 0.0829 e. The van der Waals surface area contributed by atoms with Crippen LogP contribution >= 0.6 is 0 Å². The quantitative estimate of drug-likeness (QED) is 0.875. The normalized spacial score (nSPS) is 12.8. The van der Waals surface area contributed by atoms with E-state index in [1.165, 1.54) is 0 Å². The second-order valence-corrected chi connectivity index (χ2v) is 5.46. The standard InChI is InChI=1S/C16H24N4/c1-5-9-17-13(4)16-7-6-14(11-18-16)20-10-8-15(19-20)12(2)3/h6-8,10-13,17H,5,9H2,1-4H3. The molecule has 1 N–H and O–H groups in total. The lowest BCUT2D eigenvalue weighted by molar-refractivity contribution is 0.558. The smallest absolute Gasteiger partial charge is 0.0829 e. The van der Waals surface area contributed by atoms with E-state index in [1.807, 2.05) is 17.1 Å². The SMILES string of the molecule is CCCNC(C)c1ccc(-n2ccc(C(C)C)n2)cn1. The summed E-state index contributed by atoms with van der Waals surface area (Å²) >= 11 is 0. The minimum absolute atomic E-state index is 0.285. The van der Waals surface area contributed by atoms with Crippen LogP contribution in [0.5, 0.6) is 0 Å². The van der Waals surface area contributed by atoms with Gasteiger partial charge in [0, 0.05) is 12.2 Å². The average molecular weight is 272 g/mol. The van der Waals surface area contributed by atoms with E-state index in [1.54, 1.807) is 0 Å². The Kier molecular flexibility index (Phi) is 4.90. The van der Waals surface area contributed by atoms with Crippen LogP contribution in [-0.4, -0.2) is 21.3 Å². The van der Waals surface area contributed by atoms with E-state index in [0.717, 1.165) is 30.0 Å². The van der Waals surface area contributed by atoms with Gasteiger partial charge in [-0.25, -0.2) is 4.68 Å². The van der Waals surface area contributed by atoms with Crippen LogP contribution in [0.1, 0.15) is 57.5 Å². The zero-order chi connectivity index (χ0) is 14.5. The van der Waals surface area contributed by atoms with Crippen molar-refractivity contribution in [3.05, 3.63) is 42.0 Å². The summed E-state index contributed by atoms with van der Waals surface area (Å²) in [5, 5.41) is 8.01. The fourth-order valence-electron chi connectivity index (χ4n) is 2.04. The van der Waals surface area contributed by atoms with Crippen molar-refractivity contribution in [1.29, 1.82) is 0 Å². The van der Waals surface area contributed by atoms with E-state index >= 15 is 0 Å². The van der Waals surface area contributed by atoms with Gasteiger partial charge in [0.1, 0.15) is 0 Å². The van der Waals surface area contributed by atoms with Gasteiger partial charge < -0.3 is 5.32 Å². The Morgan fingerprint density at radius 1 is 1.15 bits per heavy atom. The van der Waals surface area contributed by atoms with E-state index in [4.69, 9.17) is 0 Å². The molecule has 2 rings (SSSR count). The van der Waals surface area contributed by atoms with Crippen molar-refractivity contribution >= 4 is 0 Å². The summed E-state index contributed by atoms with van der Waals surface area (Å²) in [5.41, 5.74) is 3.17. The molecule has 20 heavy (non-hydrogen) atoms. The molecule has 4 nitrogen and oxygen atoms in total. The largest absolute Gasteiger partial charge is 0.309 e. The summed E-state index contributed by atoms with van der Waals surface area (Å²) in [6.07, 6.45) is 5.01. The van der Waals surface area contributed by atoms with Crippen LogP contribution in [0.2, 0.25) is 0 Å². The molecule has 0 fully saturated rings. The predicted octanol–water partition coefficient (Wildman–Crippen LogP) is 3.45. The minimum atomic E-state index is 0.285. The Bertz CT molecular complexity index is 528. The van der Waals surface area contributed by atoms with Crippen LogP contribution in [0.15, 0.2) is 30.6 Å². The van der Waals surface area contributed by atoms with Crippen LogP contribution in [-0.2, 0) is 0 Å². The number of hydrogen-bond donors (Lipinski definition) is 1. The third kappa shape index (κ3) is 3.45. The lowest BCUT2D eigenvalue weighted by Gasteiger charge is -2.13. The maximum atomic E-state index is 4.57. The molecule has 0 bridgehead atoms. The van der Waals surface area contributed by atoms with E-state index in [-0.39, 0.29) is 6.04 Å². The minimum Gasteiger partial charge on any atom is -0.309 e. The molecule has 4 heteroatoms. The second-order valence-electron chi connectivity index (χ2n) is 5.46. The van der Waals surface area contributed by atoms with Crippen LogP contribution in [0.4, 0.5) is 0 Å². The summed E-state index contributed by atoms with van der Waals surface area (Å²) in [6, 6.07) is 6.49. The van der Waals surface area contributed by atoms with Crippen molar-refractivity contribution in [3.63, 3.8) is 0 Å². The lowest BCUT2D eigenvalue weighted by Crippen LogP contribution is -2.20. The van der Waals surface area contributed by atoms with Gasteiger partial charge in [0.2, 0.25) is 0 Å². The molecule has 1 atom stereocenters. The van der Waals surface area contributed by atoms with Gasteiger partial charge in [-0.1, -0.05) is 20.8 Å². The number of nitrogens with zero attached hydrogens (tertiary/aromatic N) is 3. The number of nitrogens with one attached hydrogen (secondary N) is 1. The summed E-state index contributed by atoms with van der Waals surface area (Å²) in [5.74, 6) is 0.446. The van der Waals surface area contributed by atoms with Crippen molar-refractivity contribution in [2.24, 2.45) is 0 Å². The molecular formula is C16H24N4. The fourth-order valence-corrected chi connectivity index (χ4v) is 2.04. The van der Waals surface area contributed by atoms with Crippen LogP contribution in [0.3, 0.4) is 0 Å². The maximum absolute atomic E-state index is 4.57. The number of hydrogen-bond acceptors (Lipinski definition) is 3. The van der Waals surface area contributed by atoms with E-state index in [0.29, 0.717) is 5.92 Å². The molecule has 108 valence electrons. The first-order valence-corrected chi connectivity index (χ1v) is 7.37. The summed E-state index contributed by atoms with van der Waals surface area (Å²) in [4.78, 5) is 4.54. The molecule has 0 aliphatic heterocycles. The highest BCUT2D eigenvalue weighted by Crippen LogP contribution is 2.15. The van der Waals surface area contributed by atoms with Crippen LogP contribution < -0.4 is 5.32 Å². The van der Waals surface area contributed by atoms with Crippen molar-refractivity contribution in [3.8, 4) is 5.69 Å². The molecule has 0 radical (unpaired) electrons. The average Bonchev–Trinajstić information content (AvgIpc) is 2.95. The molecule has 0 aromatic carbocycles. The van der Waals surface area contributed by atoms with Gasteiger partial charge in [-0.3, -0.25) is 4.98 Å². The van der Waals surface area contributed by atoms with Crippen molar-refractivity contribution in [2.75, 3.05) is 6.54 Å². The molecule has 0 aliphatic carbocycles. The molecular weight excluding hydrogens is 248 g/mol. The molecule has 0 spiro atoms. The van der Waals surface area contributed by atoms with Crippen molar-refractivity contribution in [1.82, 2.24) is 20.1 Å². The Hall–Kier alpha value is -1.68. The first-order chi connectivity index (χ1) is 9.61. The Morgan fingerprint density at radius 3 is 2.50 bits per heavy atom. The van der Waals surface area contributed by atoms with Gasteiger partial charge >= 0.3 is 0 Å². The molecule has 0 aliphatic rings. The molecule has 0 amide bonds. The Morgan fingerprint density at radius 2 is 1.95 bits per heavy atom. The monoisotopic (exact) mass is 272 g/mol. The van der Waals surface area contributed by atoms with E-state index in [9.17, 15) is 0 Å². The van der Waals surface area contributed by atoms with Gasteiger partial charge in [0.15, 0.2) is 0 Å². The number of pyridine rings is 1. The number of rotatable bonds is 6. The molecule has 0 saturated carbocycles. The zero-order valence-corrected chi connectivity index (χ0v) is 12.8. The Labute approximate surface area is 121 Å². The number of aromatic nitrogens is 3. The van der Waals surface area contributed by atoms with Gasteiger partial charge in [0.25, 0.3) is 0 Å². The molecule has 1 unspecified atom stereocenters. The molecule has 0 saturated heterocycles. The molecule has 2 aromatic heterocycles. The molecule has 2 aromatic rings. The topological polar surface area (TPSA) is 42.7 Å². The van der Waals surface area contributed by atoms with Crippen LogP contribution in [0.25, 0.3) is 5.69 Å². The van der Waals surface area contributed by atoms with Gasteiger partial charge in [-0.15, -0.1) is 0 Å². The summed E-state index contributed by atoms with van der Waals surface area (Å²) in [6.45, 7) is 9.62. The van der Waals surface area contributed by atoms with E-state index < -0.39 is 0 Å². The summed E-state index contributed by atoms with van der Waals surface area (Å²) < 4.78 is 1.89. The molecule has 2 heterocycles. The van der Waals surface area contributed by atoms with Gasteiger partial charge in [0.05, 0.1) is 23.3 Å². The zero-order valence-electron chi connectivity index (χ0n) is 12.8. The fraction of sp³-hybridized carbons (Fsp3) is 0.500. The third-order valence-corrected chi connectivity index (χ3v) is 3.38. The van der Waals surface area contributed by atoms with Gasteiger partial charge in [-0.05, 0) is 44.0 Å². The van der Waals surface area contributed by atoms with E-state index in [2.05, 4.69) is 61.3 Å². The lowest BCUT2D eigenvalue weighted by atomic mass is 10.1. The highest BCUT2D eigenvalue weighted by molar-refractivity contribution is 5.30. The van der Waals surface area contributed by atoms with Crippen LogP contribution in [0, 0.1) is 0 Å². The third-order valence-electron chi connectivity index (χ3n) is 3.38. The van der Waals surface area contributed by atoms with Gasteiger partial charge in [-0.2, -0.15) is 5.10 Å². The van der Waals surface area contributed by atoms with Crippen molar-refractivity contribution < 1.29 is 0 Å². The second kappa shape index (κ2) is 6.66.